The fraction of sp³-hybridized carbons (Fsp3) is 0.500. The van der Waals surface area contributed by atoms with Crippen molar-refractivity contribution in [2.24, 2.45) is 5.41 Å². The van der Waals surface area contributed by atoms with E-state index in [2.05, 4.69) is 51.8 Å². The average molecular weight is 293 g/mol. The maximum atomic E-state index is 4.78. The van der Waals surface area contributed by atoms with Gasteiger partial charge >= 0.3 is 0 Å². The largest absolute Gasteiger partial charge is 0.265 e. The van der Waals surface area contributed by atoms with E-state index in [1.165, 1.54) is 29.4 Å². The van der Waals surface area contributed by atoms with E-state index in [4.69, 9.17) is 5.10 Å². The Morgan fingerprint density at radius 2 is 2.12 bits per heavy atom. The molecule has 3 heteroatoms. The topological polar surface area (TPSA) is 17.8 Å². The van der Waals surface area contributed by atoms with Gasteiger partial charge < -0.3 is 0 Å². The number of halogens is 1. The molecule has 0 amide bonds. The smallest absolute Gasteiger partial charge is 0.0709 e. The second kappa shape index (κ2) is 4.13. The molecule has 1 aliphatic rings. The quantitative estimate of drug-likeness (QED) is 0.785. The first-order valence-corrected chi connectivity index (χ1v) is 7.40. The highest BCUT2D eigenvalue weighted by Gasteiger charge is 2.42. The monoisotopic (exact) mass is 292 g/mol. The third kappa shape index (κ3) is 1.90. The Kier molecular flexibility index (Phi) is 2.74. The van der Waals surface area contributed by atoms with Crippen molar-refractivity contribution >= 4 is 26.8 Å². The maximum Gasteiger partial charge on any atom is 0.0709 e. The number of aryl methyl sites for hydroxylation is 1. The van der Waals surface area contributed by atoms with Gasteiger partial charge in [0, 0.05) is 17.3 Å². The summed E-state index contributed by atoms with van der Waals surface area (Å²) in [6.45, 7) is 3.10. The number of nitrogens with zero attached hydrogens (tertiary/aromatic N) is 2. The molecule has 1 saturated carbocycles. The van der Waals surface area contributed by atoms with Crippen molar-refractivity contribution < 1.29 is 0 Å². The van der Waals surface area contributed by atoms with Gasteiger partial charge in [-0.2, -0.15) is 5.10 Å². The number of aromatic nitrogens is 2. The number of alkyl halides is 1. The zero-order chi connectivity index (χ0) is 11.9. The summed E-state index contributed by atoms with van der Waals surface area (Å²) in [6.07, 6.45) is 3.79. The lowest BCUT2D eigenvalue weighted by Gasteiger charge is -2.08. The number of rotatable bonds is 4. The Balaban J connectivity index is 2.04. The van der Waals surface area contributed by atoms with Gasteiger partial charge in [0.05, 0.1) is 11.2 Å². The van der Waals surface area contributed by atoms with Gasteiger partial charge in [0.2, 0.25) is 0 Å². The molecule has 1 heterocycles. The molecule has 1 aromatic heterocycles. The highest BCUT2D eigenvalue weighted by atomic mass is 79.9. The molecule has 0 aliphatic heterocycles. The van der Waals surface area contributed by atoms with Gasteiger partial charge in [-0.25, -0.2) is 0 Å². The molecule has 0 atom stereocenters. The minimum Gasteiger partial charge on any atom is -0.265 e. The SMILES string of the molecule is CCn1nc(CC2(CBr)CC2)c2ccccc21. The molecule has 1 aromatic carbocycles. The van der Waals surface area contributed by atoms with Crippen molar-refractivity contribution in [2.45, 2.75) is 32.7 Å². The van der Waals surface area contributed by atoms with Crippen LogP contribution in [0.5, 0.6) is 0 Å². The van der Waals surface area contributed by atoms with Crippen LogP contribution >= 0.6 is 15.9 Å². The van der Waals surface area contributed by atoms with Crippen LogP contribution in [0.2, 0.25) is 0 Å². The summed E-state index contributed by atoms with van der Waals surface area (Å²) >= 11 is 3.64. The van der Waals surface area contributed by atoms with Gasteiger partial charge in [-0.1, -0.05) is 34.1 Å². The van der Waals surface area contributed by atoms with Gasteiger partial charge in [0.1, 0.15) is 0 Å². The summed E-state index contributed by atoms with van der Waals surface area (Å²) in [7, 11) is 0. The molecule has 0 radical (unpaired) electrons. The lowest BCUT2D eigenvalue weighted by molar-refractivity contribution is 0.563. The Morgan fingerprint density at radius 1 is 1.35 bits per heavy atom. The highest BCUT2D eigenvalue weighted by molar-refractivity contribution is 9.09. The number of benzene rings is 1. The molecule has 2 aromatic rings. The van der Waals surface area contributed by atoms with Crippen LogP contribution < -0.4 is 0 Å². The molecule has 0 unspecified atom stereocenters. The summed E-state index contributed by atoms with van der Waals surface area (Å²) in [5.41, 5.74) is 3.05. The maximum absolute atomic E-state index is 4.78. The molecule has 3 rings (SSSR count). The van der Waals surface area contributed by atoms with Crippen LogP contribution in [0, 0.1) is 5.41 Å². The molecule has 0 saturated heterocycles. The molecule has 0 bridgehead atoms. The lowest BCUT2D eigenvalue weighted by atomic mass is 10.0. The summed E-state index contributed by atoms with van der Waals surface area (Å²) < 4.78 is 2.12. The van der Waals surface area contributed by atoms with Gasteiger partial charge in [-0.05, 0) is 37.7 Å². The Hall–Kier alpha value is -0.830. The van der Waals surface area contributed by atoms with Gasteiger partial charge in [-0.3, -0.25) is 4.68 Å². The van der Waals surface area contributed by atoms with E-state index in [-0.39, 0.29) is 0 Å². The van der Waals surface area contributed by atoms with Crippen molar-refractivity contribution in [3.05, 3.63) is 30.0 Å². The van der Waals surface area contributed by atoms with Crippen LogP contribution in [-0.4, -0.2) is 15.1 Å². The normalized spacial score (nSPS) is 17.5. The van der Waals surface area contributed by atoms with Crippen LogP contribution in [0.1, 0.15) is 25.5 Å². The van der Waals surface area contributed by atoms with E-state index >= 15 is 0 Å². The predicted molar refractivity (Wildman–Crippen MR) is 74.6 cm³/mol. The second-order valence-electron chi connectivity index (χ2n) is 5.09. The first kappa shape index (κ1) is 11.3. The zero-order valence-corrected chi connectivity index (χ0v) is 11.7. The van der Waals surface area contributed by atoms with Crippen molar-refractivity contribution in [3.63, 3.8) is 0 Å². The van der Waals surface area contributed by atoms with Crippen LogP contribution in [0.15, 0.2) is 24.3 Å². The minimum absolute atomic E-state index is 0.496. The van der Waals surface area contributed by atoms with Gasteiger partial charge in [0.25, 0.3) is 0 Å². The average Bonchev–Trinajstić information content (AvgIpc) is 3.06. The minimum atomic E-state index is 0.496. The Bertz CT molecular complexity index is 540. The summed E-state index contributed by atoms with van der Waals surface area (Å²) in [5.74, 6) is 0. The molecular formula is C14H17BrN2. The molecular weight excluding hydrogens is 276 g/mol. The number of fused-ring (bicyclic) bond motifs is 1. The van der Waals surface area contributed by atoms with Gasteiger partial charge in [0.15, 0.2) is 0 Å². The fourth-order valence-corrected chi connectivity index (χ4v) is 3.22. The van der Waals surface area contributed by atoms with E-state index < -0.39 is 0 Å². The summed E-state index contributed by atoms with van der Waals surface area (Å²) in [6, 6.07) is 8.58. The number of para-hydroxylation sites is 1. The van der Waals surface area contributed by atoms with Gasteiger partial charge in [-0.15, -0.1) is 0 Å². The Morgan fingerprint density at radius 3 is 2.76 bits per heavy atom. The number of hydrogen-bond donors (Lipinski definition) is 0. The van der Waals surface area contributed by atoms with Crippen molar-refractivity contribution in [2.75, 3.05) is 5.33 Å². The zero-order valence-electron chi connectivity index (χ0n) is 10.1. The first-order chi connectivity index (χ1) is 8.28. The predicted octanol–water partition coefficient (Wildman–Crippen LogP) is 3.77. The molecule has 90 valence electrons. The second-order valence-corrected chi connectivity index (χ2v) is 5.65. The third-order valence-electron chi connectivity index (χ3n) is 3.82. The summed E-state index contributed by atoms with van der Waals surface area (Å²) in [4.78, 5) is 0. The summed E-state index contributed by atoms with van der Waals surface area (Å²) in [5, 5.41) is 7.22. The number of hydrogen-bond acceptors (Lipinski definition) is 1. The van der Waals surface area contributed by atoms with Crippen LogP contribution in [-0.2, 0) is 13.0 Å². The third-order valence-corrected chi connectivity index (χ3v) is 5.01. The van der Waals surface area contributed by atoms with E-state index in [9.17, 15) is 0 Å². The van der Waals surface area contributed by atoms with Crippen LogP contribution in [0.3, 0.4) is 0 Å². The molecule has 1 aliphatic carbocycles. The molecule has 0 N–H and O–H groups in total. The van der Waals surface area contributed by atoms with Crippen molar-refractivity contribution in [3.8, 4) is 0 Å². The van der Waals surface area contributed by atoms with Crippen molar-refractivity contribution in [1.29, 1.82) is 0 Å². The van der Waals surface area contributed by atoms with E-state index in [1.807, 2.05) is 0 Å². The van der Waals surface area contributed by atoms with Crippen LogP contribution in [0.25, 0.3) is 10.9 Å². The Labute approximate surface area is 110 Å². The van der Waals surface area contributed by atoms with E-state index in [1.54, 1.807) is 0 Å². The van der Waals surface area contributed by atoms with Crippen LogP contribution in [0.4, 0.5) is 0 Å². The molecule has 17 heavy (non-hydrogen) atoms. The fourth-order valence-electron chi connectivity index (χ4n) is 2.46. The lowest BCUT2D eigenvalue weighted by Crippen LogP contribution is -2.07. The van der Waals surface area contributed by atoms with E-state index in [0.717, 1.165) is 18.3 Å². The standard InChI is InChI=1S/C14H17BrN2/c1-2-17-13-6-4-3-5-11(13)12(16-17)9-14(10-15)7-8-14/h3-6H,2,7-10H2,1H3. The first-order valence-electron chi connectivity index (χ1n) is 6.28. The van der Waals surface area contributed by atoms with E-state index in [0.29, 0.717) is 5.41 Å². The molecule has 0 spiro atoms. The van der Waals surface area contributed by atoms with Crippen molar-refractivity contribution in [1.82, 2.24) is 9.78 Å². The molecule has 1 fully saturated rings. The molecule has 2 nitrogen and oxygen atoms in total. The highest BCUT2D eigenvalue weighted by Crippen LogP contribution is 2.50.